The van der Waals surface area contributed by atoms with Crippen molar-refractivity contribution in [3.05, 3.63) is 208 Å². The second kappa shape index (κ2) is 9.40. The molecule has 0 fully saturated rings. The van der Waals surface area contributed by atoms with Gasteiger partial charge in [0.05, 0.1) is 0 Å². The third kappa shape index (κ3) is 3.54. The van der Waals surface area contributed by atoms with Crippen molar-refractivity contribution < 1.29 is 0 Å². The van der Waals surface area contributed by atoms with Crippen LogP contribution < -0.4 is 0 Å². The summed E-state index contributed by atoms with van der Waals surface area (Å²) in [6.07, 6.45) is 11.4. The van der Waals surface area contributed by atoms with E-state index in [2.05, 4.69) is 158 Å². The first-order chi connectivity index (χ1) is 22.3. The van der Waals surface area contributed by atoms with E-state index in [4.69, 9.17) is 0 Å². The highest BCUT2D eigenvalue weighted by Crippen LogP contribution is 2.57. The first-order valence-electron chi connectivity index (χ1n) is 16.3. The lowest BCUT2D eigenvalue weighted by Crippen LogP contribution is -2.26. The summed E-state index contributed by atoms with van der Waals surface area (Å²) in [7, 11) is 0. The van der Waals surface area contributed by atoms with E-state index in [9.17, 15) is 0 Å². The van der Waals surface area contributed by atoms with Gasteiger partial charge in [-0.15, -0.1) is 0 Å². The molecule has 6 aromatic rings. The van der Waals surface area contributed by atoms with Gasteiger partial charge in [-0.2, -0.15) is 0 Å². The molecule has 4 aliphatic carbocycles. The first-order valence-corrected chi connectivity index (χ1v) is 16.3. The fraction of sp³-hybridized carbons (Fsp3) is 0.111. The zero-order valence-electron chi connectivity index (χ0n) is 25.1. The lowest BCUT2D eigenvalue weighted by Gasteiger charge is -2.37. The predicted octanol–water partition coefficient (Wildman–Crippen LogP) is 10.6. The van der Waals surface area contributed by atoms with E-state index in [1.165, 1.54) is 77.6 Å². The van der Waals surface area contributed by atoms with E-state index in [-0.39, 0.29) is 17.3 Å². The minimum absolute atomic E-state index is 0.0135. The van der Waals surface area contributed by atoms with Gasteiger partial charge in [0.15, 0.2) is 0 Å². The van der Waals surface area contributed by atoms with Crippen molar-refractivity contribution in [3.63, 3.8) is 0 Å². The van der Waals surface area contributed by atoms with Crippen LogP contribution >= 0.6 is 0 Å². The Morgan fingerprint density at radius 1 is 0.533 bits per heavy atom. The van der Waals surface area contributed by atoms with Crippen LogP contribution in [-0.2, 0) is 18.3 Å². The second-order valence-electron chi connectivity index (χ2n) is 13.3. The van der Waals surface area contributed by atoms with Crippen molar-refractivity contribution in [2.45, 2.75) is 24.2 Å². The Hall–Kier alpha value is -5.20. The van der Waals surface area contributed by atoms with Crippen molar-refractivity contribution >= 4 is 16.3 Å². The zero-order chi connectivity index (χ0) is 29.5. The number of hydrogen-bond donors (Lipinski definition) is 0. The number of rotatable bonds is 2. The molecule has 4 aliphatic rings. The van der Waals surface area contributed by atoms with Gasteiger partial charge in [0.2, 0.25) is 0 Å². The van der Waals surface area contributed by atoms with Crippen LogP contribution in [0.3, 0.4) is 0 Å². The molecule has 0 radical (unpaired) electrons. The maximum Gasteiger partial charge on any atom is 0.0296 e. The van der Waals surface area contributed by atoms with Crippen molar-refractivity contribution in [2.24, 2.45) is 5.92 Å². The average Bonchev–Trinajstić information content (AvgIpc) is 3.62. The molecular formula is C45H32. The summed E-state index contributed by atoms with van der Waals surface area (Å²) in [5, 5.41) is 2.60. The smallest absolute Gasteiger partial charge is 0.0296 e. The molecular weight excluding hydrogens is 540 g/mol. The molecule has 45 heavy (non-hydrogen) atoms. The van der Waals surface area contributed by atoms with Gasteiger partial charge in [-0.3, -0.25) is 0 Å². The van der Waals surface area contributed by atoms with Crippen LogP contribution in [0.1, 0.15) is 50.4 Å². The Kier molecular flexibility index (Phi) is 5.26. The van der Waals surface area contributed by atoms with Gasteiger partial charge in [-0.1, -0.05) is 152 Å². The molecule has 2 unspecified atom stereocenters. The lowest BCUT2D eigenvalue weighted by molar-refractivity contribution is 0.563. The van der Waals surface area contributed by atoms with Crippen LogP contribution in [0, 0.1) is 5.92 Å². The van der Waals surface area contributed by atoms with Gasteiger partial charge < -0.3 is 0 Å². The highest BCUT2D eigenvalue weighted by molar-refractivity contribution is 5.92. The molecule has 0 heterocycles. The molecule has 2 atom stereocenters. The van der Waals surface area contributed by atoms with Gasteiger partial charge in [0, 0.05) is 17.3 Å². The largest absolute Gasteiger partial charge is 0.0760 e. The van der Waals surface area contributed by atoms with Crippen molar-refractivity contribution in [1.82, 2.24) is 0 Å². The van der Waals surface area contributed by atoms with E-state index in [0.717, 1.165) is 12.8 Å². The van der Waals surface area contributed by atoms with E-state index >= 15 is 0 Å². The maximum atomic E-state index is 2.57. The Labute approximate surface area is 264 Å². The molecule has 0 saturated heterocycles. The van der Waals surface area contributed by atoms with E-state index in [0.29, 0.717) is 0 Å². The highest BCUT2D eigenvalue weighted by atomic mass is 14.5. The number of benzene rings is 6. The molecule has 0 aromatic heterocycles. The molecule has 0 aliphatic heterocycles. The molecule has 0 nitrogen and oxygen atoms in total. The van der Waals surface area contributed by atoms with Gasteiger partial charge in [-0.25, -0.2) is 0 Å². The van der Waals surface area contributed by atoms with Gasteiger partial charge in [0.25, 0.3) is 0 Å². The average molecular weight is 573 g/mol. The summed E-state index contributed by atoms with van der Waals surface area (Å²) in [5.41, 5.74) is 17.1. The third-order valence-electron chi connectivity index (χ3n) is 11.1. The topological polar surface area (TPSA) is 0 Å². The SMILES string of the molecule is C1=CC2=C(c3ccc4c(c3)C3(Cc5ccccc5C3)c3ccccc3-4)c3ccccc3C(c3ccc4ccccc4c3)C2C=C1. The molecule has 0 N–H and O–H groups in total. The third-order valence-corrected chi connectivity index (χ3v) is 11.1. The number of allylic oxidation sites excluding steroid dienone is 5. The molecule has 6 aromatic carbocycles. The number of hydrogen-bond acceptors (Lipinski definition) is 0. The Morgan fingerprint density at radius 2 is 1.24 bits per heavy atom. The molecule has 1 spiro atoms. The summed E-state index contributed by atoms with van der Waals surface area (Å²) < 4.78 is 0. The molecule has 0 bridgehead atoms. The van der Waals surface area contributed by atoms with E-state index in [1.807, 2.05) is 0 Å². The minimum Gasteiger partial charge on any atom is -0.0760 e. The fourth-order valence-corrected chi connectivity index (χ4v) is 9.16. The summed E-state index contributed by atoms with van der Waals surface area (Å²) in [5.74, 6) is 0.538. The van der Waals surface area contributed by atoms with Crippen molar-refractivity contribution in [2.75, 3.05) is 0 Å². The van der Waals surface area contributed by atoms with Gasteiger partial charge >= 0.3 is 0 Å². The highest BCUT2D eigenvalue weighted by Gasteiger charge is 2.47. The molecule has 10 rings (SSSR count). The molecule has 0 saturated carbocycles. The first kappa shape index (κ1) is 25.2. The normalized spacial score (nSPS) is 19.7. The van der Waals surface area contributed by atoms with Crippen LogP contribution in [0.2, 0.25) is 0 Å². The van der Waals surface area contributed by atoms with Crippen LogP contribution in [-0.4, -0.2) is 0 Å². The quantitative estimate of drug-likeness (QED) is 0.194. The molecule has 0 amide bonds. The van der Waals surface area contributed by atoms with Crippen molar-refractivity contribution in [1.29, 1.82) is 0 Å². The molecule has 0 heteroatoms. The van der Waals surface area contributed by atoms with Gasteiger partial charge in [0.1, 0.15) is 0 Å². The summed E-state index contributed by atoms with van der Waals surface area (Å²) >= 11 is 0. The predicted molar refractivity (Wildman–Crippen MR) is 187 cm³/mol. The Morgan fingerprint density at radius 3 is 2.11 bits per heavy atom. The lowest BCUT2D eigenvalue weighted by atomic mass is 9.66. The van der Waals surface area contributed by atoms with Crippen LogP contribution in [0.15, 0.2) is 163 Å². The summed E-state index contributed by atoms with van der Waals surface area (Å²) in [6.45, 7) is 0. The molecule has 212 valence electrons. The van der Waals surface area contributed by atoms with Crippen LogP contribution in [0.25, 0.3) is 27.5 Å². The maximum absolute atomic E-state index is 2.57. The fourth-order valence-electron chi connectivity index (χ4n) is 9.16. The second-order valence-corrected chi connectivity index (χ2v) is 13.3. The van der Waals surface area contributed by atoms with Gasteiger partial charge in [-0.05, 0) is 96.5 Å². The minimum atomic E-state index is -0.0135. The number of fused-ring (bicyclic) bond motifs is 9. The van der Waals surface area contributed by atoms with E-state index in [1.54, 1.807) is 0 Å². The van der Waals surface area contributed by atoms with Crippen LogP contribution in [0.4, 0.5) is 0 Å². The Bertz CT molecular complexity index is 2260. The summed E-state index contributed by atoms with van der Waals surface area (Å²) in [6, 6.07) is 50.6. The standard InChI is InChI=1S/C45H32/c1-2-12-30-25-31(22-21-29(30)11-1)43-37-16-5-7-18-39(37)44(40-19-8-6-17-38(40)43)32-23-24-36-35-15-9-10-20-41(35)45(42(36)26-32)27-33-13-3-4-14-34(33)28-45/h1-26,37,43H,27-28H2. The van der Waals surface area contributed by atoms with Crippen LogP contribution in [0.5, 0.6) is 0 Å². The zero-order valence-corrected chi connectivity index (χ0v) is 25.1. The van der Waals surface area contributed by atoms with E-state index < -0.39 is 0 Å². The van der Waals surface area contributed by atoms with Crippen molar-refractivity contribution in [3.8, 4) is 11.1 Å². The monoisotopic (exact) mass is 572 g/mol. The summed E-state index contributed by atoms with van der Waals surface area (Å²) in [4.78, 5) is 0. The Balaban J connectivity index is 1.18.